The number of aromatic nitrogens is 2. The molecule has 0 spiro atoms. The number of benzene rings is 1. The Labute approximate surface area is 130 Å². The minimum atomic E-state index is -0.236. The highest BCUT2D eigenvalue weighted by atomic mass is 16.1. The van der Waals surface area contributed by atoms with Crippen molar-refractivity contribution in [3.8, 4) is 0 Å². The SMILES string of the molecule is Cc1cnc(C(=O)Nc2ccc([C@@H]3CCCNC3)cc2)cn1. The van der Waals surface area contributed by atoms with E-state index in [1.54, 1.807) is 6.20 Å². The molecule has 114 valence electrons. The molecule has 1 aromatic carbocycles. The van der Waals surface area contributed by atoms with Crippen molar-refractivity contribution in [1.29, 1.82) is 0 Å². The fourth-order valence-corrected chi connectivity index (χ4v) is 2.68. The molecule has 1 amide bonds. The molecule has 2 heterocycles. The Balaban J connectivity index is 1.65. The molecule has 2 aromatic rings. The monoisotopic (exact) mass is 296 g/mol. The van der Waals surface area contributed by atoms with Crippen molar-refractivity contribution < 1.29 is 4.79 Å². The highest BCUT2D eigenvalue weighted by Crippen LogP contribution is 2.24. The van der Waals surface area contributed by atoms with Crippen LogP contribution < -0.4 is 10.6 Å². The lowest BCUT2D eigenvalue weighted by molar-refractivity contribution is 0.102. The Hall–Kier alpha value is -2.27. The predicted molar refractivity (Wildman–Crippen MR) is 86.0 cm³/mol. The zero-order chi connectivity index (χ0) is 15.4. The molecule has 0 saturated carbocycles. The van der Waals surface area contributed by atoms with E-state index in [0.29, 0.717) is 11.6 Å². The molecule has 2 N–H and O–H groups in total. The number of amides is 1. The summed E-state index contributed by atoms with van der Waals surface area (Å²) in [5.41, 5.74) is 3.22. The Bertz CT molecular complexity index is 631. The summed E-state index contributed by atoms with van der Waals surface area (Å²) >= 11 is 0. The van der Waals surface area contributed by atoms with E-state index in [2.05, 4.69) is 32.7 Å². The molecule has 1 aliphatic heterocycles. The van der Waals surface area contributed by atoms with Crippen molar-refractivity contribution >= 4 is 11.6 Å². The van der Waals surface area contributed by atoms with Gasteiger partial charge in [0, 0.05) is 18.4 Å². The molecular weight excluding hydrogens is 276 g/mol. The molecule has 1 atom stereocenters. The number of nitrogens with one attached hydrogen (secondary N) is 2. The summed E-state index contributed by atoms with van der Waals surface area (Å²) in [7, 11) is 0. The molecule has 5 heteroatoms. The molecule has 1 aromatic heterocycles. The number of anilines is 1. The van der Waals surface area contributed by atoms with E-state index in [1.165, 1.54) is 24.6 Å². The van der Waals surface area contributed by atoms with Crippen molar-refractivity contribution in [2.24, 2.45) is 0 Å². The van der Waals surface area contributed by atoms with Gasteiger partial charge >= 0.3 is 0 Å². The maximum atomic E-state index is 12.1. The summed E-state index contributed by atoms with van der Waals surface area (Å²) in [5.74, 6) is 0.334. The Kier molecular flexibility index (Phi) is 4.44. The van der Waals surface area contributed by atoms with Crippen molar-refractivity contribution in [2.75, 3.05) is 18.4 Å². The Morgan fingerprint density at radius 3 is 2.68 bits per heavy atom. The third-order valence-electron chi connectivity index (χ3n) is 3.95. The molecule has 1 saturated heterocycles. The minimum Gasteiger partial charge on any atom is -0.321 e. The van der Waals surface area contributed by atoms with Crippen LogP contribution in [0.3, 0.4) is 0 Å². The molecule has 5 nitrogen and oxygen atoms in total. The van der Waals surface area contributed by atoms with Crippen LogP contribution in [0.1, 0.15) is 40.5 Å². The lowest BCUT2D eigenvalue weighted by Crippen LogP contribution is -2.28. The minimum absolute atomic E-state index is 0.236. The smallest absolute Gasteiger partial charge is 0.275 e. The zero-order valence-electron chi connectivity index (χ0n) is 12.7. The molecule has 1 fully saturated rings. The van der Waals surface area contributed by atoms with Crippen LogP contribution in [0, 0.1) is 6.92 Å². The van der Waals surface area contributed by atoms with Gasteiger partial charge in [0.1, 0.15) is 5.69 Å². The van der Waals surface area contributed by atoms with Gasteiger partial charge in [-0.2, -0.15) is 0 Å². The third kappa shape index (κ3) is 3.49. The van der Waals surface area contributed by atoms with Crippen LogP contribution in [0.25, 0.3) is 0 Å². The summed E-state index contributed by atoms with van der Waals surface area (Å²) in [6.45, 7) is 3.99. The maximum Gasteiger partial charge on any atom is 0.275 e. The first-order chi connectivity index (χ1) is 10.7. The lowest BCUT2D eigenvalue weighted by atomic mass is 9.92. The number of hydrogen-bond acceptors (Lipinski definition) is 4. The van der Waals surface area contributed by atoms with Crippen LogP contribution in [0.2, 0.25) is 0 Å². The average molecular weight is 296 g/mol. The van der Waals surface area contributed by atoms with Crippen LogP contribution in [-0.4, -0.2) is 29.0 Å². The third-order valence-corrected chi connectivity index (χ3v) is 3.95. The van der Waals surface area contributed by atoms with E-state index in [4.69, 9.17) is 0 Å². The molecule has 1 aliphatic rings. The van der Waals surface area contributed by atoms with Crippen LogP contribution in [0.5, 0.6) is 0 Å². The quantitative estimate of drug-likeness (QED) is 0.913. The number of nitrogens with zero attached hydrogens (tertiary/aromatic N) is 2. The molecule has 0 aliphatic carbocycles. The van der Waals surface area contributed by atoms with E-state index >= 15 is 0 Å². The molecule has 3 rings (SSSR count). The fraction of sp³-hybridized carbons (Fsp3) is 0.353. The number of hydrogen-bond donors (Lipinski definition) is 2. The molecule has 0 unspecified atom stereocenters. The highest BCUT2D eigenvalue weighted by molar-refractivity contribution is 6.02. The first-order valence-corrected chi connectivity index (χ1v) is 7.63. The van der Waals surface area contributed by atoms with E-state index in [0.717, 1.165) is 24.5 Å². The van der Waals surface area contributed by atoms with Gasteiger partial charge in [0.05, 0.1) is 11.9 Å². The summed E-state index contributed by atoms with van der Waals surface area (Å²) in [5, 5.41) is 6.27. The van der Waals surface area contributed by atoms with Gasteiger partial charge in [-0.05, 0) is 49.9 Å². The summed E-state index contributed by atoms with van der Waals surface area (Å²) in [6, 6.07) is 8.08. The number of carbonyl (C=O) groups excluding carboxylic acids is 1. The number of rotatable bonds is 3. The van der Waals surface area contributed by atoms with Crippen LogP contribution in [0.4, 0.5) is 5.69 Å². The van der Waals surface area contributed by atoms with Crippen molar-refractivity contribution in [1.82, 2.24) is 15.3 Å². The predicted octanol–water partition coefficient (Wildman–Crippen LogP) is 2.50. The molecule has 0 radical (unpaired) electrons. The molecule has 0 bridgehead atoms. The zero-order valence-corrected chi connectivity index (χ0v) is 12.7. The second-order valence-electron chi connectivity index (χ2n) is 5.66. The first-order valence-electron chi connectivity index (χ1n) is 7.63. The van der Waals surface area contributed by atoms with Gasteiger partial charge in [-0.15, -0.1) is 0 Å². The number of piperidine rings is 1. The maximum absolute atomic E-state index is 12.1. The van der Waals surface area contributed by atoms with Crippen LogP contribution in [-0.2, 0) is 0 Å². The summed E-state index contributed by atoms with van der Waals surface area (Å²) < 4.78 is 0. The van der Waals surface area contributed by atoms with E-state index in [1.807, 2.05) is 19.1 Å². The van der Waals surface area contributed by atoms with Crippen molar-refractivity contribution in [2.45, 2.75) is 25.7 Å². The van der Waals surface area contributed by atoms with Gasteiger partial charge in [0.2, 0.25) is 0 Å². The van der Waals surface area contributed by atoms with Crippen molar-refractivity contribution in [3.63, 3.8) is 0 Å². The standard InChI is InChI=1S/C17H20N4O/c1-12-9-20-16(11-19-12)17(22)21-15-6-4-13(5-7-15)14-3-2-8-18-10-14/h4-7,9,11,14,18H,2-3,8,10H2,1H3,(H,21,22)/t14-/m1/s1. The van der Waals surface area contributed by atoms with Gasteiger partial charge in [-0.3, -0.25) is 9.78 Å². The van der Waals surface area contributed by atoms with E-state index < -0.39 is 0 Å². The van der Waals surface area contributed by atoms with Gasteiger partial charge in [-0.1, -0.05) is 12.1 Å². The molecule has 22 heavy (non-hydrogen) atoms. The fourth-order valence-electron chi connectivity index (χ4n) is 2.68. The number of carbonyl (C=O) groups is 1. The second kappa shape index (κ2) is 6.66. The van der Waals surface area contributed by atoms with Gasteiger partial charge in [0.25, 0.3) is 5.91 Å². The first kappa shape index (κ1) is 14.7. The topological polar surface area (TPSA) is 66.9 Å². The van der Waals surface area contributed by atoms with Gasteiger partial charge in [0.15, 0.2) is 0 Å². The average Bonchev–Trinajstić information content (AvgIpc) is 2.57. The lowest BCUT2D eigenvalue weighted by Gasteiger charge is -2.23. The summed E-state index contributed by atoms with van der Waals surface area (Å²) in [4.78, 5) is 20.3. The van der Waals surface area contributed by atoms with E-state index in [-0.39, 0.29) is 5.91 Å². The summed E-state index contributed by atoms with van der Waals surface area (Å²) in [6.07, 6.45) is 5.52. The highest BCUT2D eigenvalue weighted by Gasteiger charge is 2.15. The number of aryl methyl sites for hydroxylation is 1. The van der Waals surface area contributed by atoms with Crippen LogP contribution >= 0.6 is 0 Å². The van der Waals surface area contributed by atoms with E-state index in [9.17, 15) is 4.79 Å². The normalized spacial score (nSPS) is 18.0. The van der Waals surface area contributed by atoms with Crippen LogP contribution in [0.15, 0.2) is 36.7 Å². The van der Waals surface area contributed by atoms with Crippen molar-refractivity contribution in [3.05, 3.63) is 53.6 Å². The Morgan fingerprint density at radius 2 is 2.05 bits per heavy atom. The second-order valence-corrected chi connectivity index (χ2v) is 5.66. The largest absolute Gasteiger partial charge is 0.321 e. The van der Waals surface area contributed by atoms with Gasteiger partial charge < -0.3 is 10.6 Å². The van der Waals surface area contributed by atoms with Gasteiger partial charge in [-0.25, -0.2) is 4.98 Å². The molecular formula is C17H20N4O. The Morgan fingerprint density at radius 1 is 1.23 bits per heavy atom.